The highest BCUT2D eigenvalue weighted by Gasteiger charge is 2.29. The van der Waals surface area contributed by atoms with Crippen LogP contribution >= 0.6 is 0 Å². The lowest BCUT2D eigenvalue weighted by Crippen LogP contribution is -1.98. The van der Waals surface area contributed by atoms with E-state index in [1.165, 1.54) is 87.8 Å². The van der Waals surface area contributed by atoms with E-state index < -0.39 is 0 Å². The molecule has 0 saturated heterocycles. The third-order valence-corrected chi connectivity index (χ3v) is 23.4. The molecule has 17 aromatic carbocycles. The van der Waals surface area contributed by atoms with E-state index in [0.717, 1.165) is 133 Å². The van der Waals surface area contributed by atoms with Crippen molar-refractivity contribution in [1.29, 1.82) is 10.5 Å². The summed E-state index contributed by atoms with van der Waals surface area (Å²) in [5.41, 5.74) is 29.8. The van der Waals surface area contributed by atoms with Crippen LogP contribution in [0.2, 0.25) is 0 Å². The minimum Gasteiger partial charge on any atom is -0.264 e. The van der Waals surface area contributed by atoms with Crippen LogP contribution < -0.4 is 0 Å². The first-order valence-corrected chi connectivity index (χ1v) is 38.9. The van der Waals surface area contributed by atoms with Crippen LogP contribution in [0.4, 0.5) is 0 Å². The maximum atomic E-state index is 9.62. The van der Waals surface area contributed by atoms with Gasteiger partial charge in [0.1, 0.15) is 0 Å². The third-order valence-electron chi connectivity index (χ3n) is 23.4. The summed E-state index contributed by atoms with van der Waals surface area (Å²) < 4.78 is 0. The number of benzene rings is 17. The molecule has 4 heterocycles. The number of hydrogen-bond donors (Lipinski definition) is 0. The van der Waals surface area contributed by atoms with E-state index >= 15 is 0 Å². The van der Waals surface area contributed by atoms with Gasteiger partial charge in [0.25, 0.3) is 0 Å². The molecule has 23 rings (SSSR count). The maximum absolute atomic E-state index is 9.62. The monoisotopic (exact) mass is 1470 g/mol. The summed E-state index contributed by atoms with van der Waals surface area (Å²) in [5, 5.41) is 35.2. The summed E-state index contributed by atoms with van der Waals surface area (Å²) >= 11 is 0. The normalized spacial score (nSPS) is 11.6. The van der Waals surface area contributed by atoms with Crippen LogP contribution in [0.15, 0.2) is 377 Å². The second-order valence-electron chi connectivity index (χ2n) is 29.7. The smallest absolute Gasteiger partial charge is 0.161 e. The van der Waals surface area contributed by atoms with Gasteiger partial charge in [-0.15, -0.1) is 0 Å². The molecule has 2 aliphatic rings. The predicted octanol–water partition coefficient (Wildman–Crippen LogP) is 27.5. The van der Waals surface area contributed by atoms with E-state index in [-0.39, 0.29) is 0 Å². The van der Waals surface area contributed by atoms with Crippen molar-refractivity contribution in [1.82, 2.24) is 29.9 Å². The third kappa shape index (κ3) is 11.3. The summed E-state index contributed by atoms with van der Waals surface area (Å²) in [6.07, 6.45) is 7.45. The standard InChI is InChI=1S/C55H31N5.C53H31N3/c56-30-33-15-17-34(18-16-33)39-19-22-47-42-11-3-4-12-43(42)48-23-24-49(53(39)54(47)48)44-20-21-46(41-10-2-1-9-40(41)44)52-29-51(45-13-5-7-35-31-57-27-25-37(35)45)59-55(60-52)50-14-6-8-36-32-58-28-26-38(36)50;54-32-33-13-15-36(16-14-33)43-25-27-47-45-11-5-6-12-46(45)48-28-26-44(51(43)52(47)48)37-19-21-38(22-20-37)49-31-50(41-23-17-34-7-1-3-9-39(34)29-41)56-53(55-49)42-24-18-35-8-2-4-10-40(35)30-42/h1-29,31-32H;1-31H. The van der Waals surface area contributed by atoms with Gasteiger partial charge < -0.3 is 0 Å². The van der Waals surface area contributed by atoms with Gasteiger partial charge in [0.05, 0.1) is 46.0 Å². The molecule has 0 N–H and O–H groups in total. The topological polar surface area (TPSA) is 125 Å². The molecular formula is C108H62N8. The summed E-state index contributed by atoms with van der Waals surface area (Å²) in [6, 6.07) is 129. The number of pyridine rings is 2. The zero-order valence-corrected chi connectivity index (χ0v) is 62.4. The Morgan fingerprint density at radius 2 is 0.517 bits per heavy atom. The molecule has 21 aromatic rings. The van der Waals surface area contributed by atoms with Crippen molar-refractivity contribution < 1.29 is 0 Å². The minimum atomic E-state index is 0.643. The van der Waals surface area contributed by atoms with Crippen molar-refractivity contribution >= 4 is 75.4 Å². The Balaban J connectivity index is 0.000000141. The van der Waals surface area contributed by atoms with Crippen LogP contribution in [0.3, 0.4) is 0 Å². The van der Waals surface area contributed by atoms with Crippen molar-refractivity contribution in [2.45, 2.75) is 0 Å². The lowest BCUT2D eigenvalue weighted by Gasteiger charge is -2.18. The molecule has 0 saturated carbocycles. The van der Waals surface area contributed by atoms with Gasteiger partial charge in [-0.05, 0) is 214 Å². The predicted molar refractivity (Wildman–Crippen MR) is 475 cm³/mol. The van der Waals surface area contributed by atoms with Gasteiger partial charge in [-0.25, -0.2) is 19.9 Å². The van der Waals surface area contributed by atoms with Crippen LogP contribution in [-0.4, -0.2) is 29.9 Å². The summed E-state index contributed by atoms with van der Waals surface area (Å²) in [6.45, 7) is 0. The fraction of sp³-hybridized carbons (Fsp3) is 0. The fourth-order valence-corrected chi connectivity index (χ4v) is 17.8. The molecule has 2 aliphatic carbocycles. The molecular weight excluding hydrogens is 1410 g/mol. The van der Waals surface area contributed by atoms with Crippen molar-refractivity contribution in [3.05, 3.63) is 388 Å². The molecule has 8 nitrogen and oxygen atoms in total. The van der Waals surface area contributed by atoms with E-state index in [4.69, 9.17) is 19.9 Å². The lowest BCUT2D eigenvalue weighted by atomic mass is 9.86. The lowest BCUT2D eigenvalue weighted by molar-refractivity contribution is 1.18. The van der Waals surface area contributed by atoms with Crippen LogP contribution in [0.5, 0.6) is 0 Å². The maximum Gasteiger partial charge on any atom is 0.161 e. The molecule has 4 aromatic heterocycles. The van der Waals surface area contributed by atoms with Gasteiger partial charge in [-0.3, -0.25) is 9.97 Å². The molecule has 0 spiro atoms. The molecule has 8 heteroatoms. The molecule has 0 aliphatic heterocycles. The van der Waals surface area contributed by atoms with E-state index in [1.807, 2.05) is 61.2 Å². The van der Waals surface area contributed by atoms with Gasteiger partial charge in [-0.1, -0.05) is 291 Å². The van der Waals surface area contributed by atoms with Crippen molar-refractivity contribution in [2.24, 2.45) is 0 Å². The fourth-order valence-electron chi connectivity index (χ4n) is 17.8. The summed E-state index contributed by atoms with van der Waals surface area (Å²) in [5.74, 6) is 1.34. The van der Waals surface area contributed by atoms with Crippen LogP contribution in [0, 0.1) is 22.7 Å². The quantitative estimate of drug-likeness (QED) is 0.133. The Hall–Kier alpha value is -16.0. The van der Waals surface area contributed by atoms with Gasteiger partial charge in [0.2, 0.25) is 0 Å². The summed E-state index contributed by atoms with van der Waals surface area (Å²) in [7, 11) is 0. The average Bonchev–Trinajstić information content (AvgIpc) is 1.53. The highest BCUT2D eigenvalue weighted by Crippen LogP contribution is 2.55. The summed E-state index contributed by atoms with van der Waals surface area (Å²) in [4.78, 5) is 29.9. The number of nitrogens with zero attached hydrogens (tertiary/aromatic N) is 8. The number of rotatable bonds is 10. The first-order valence-electron chi connectivity index (χ1n) is 38.9. The van der Waals surface area contributed by atoms with Crippen molar-refractivity contribution in [3.63, 3.8) is 0 Å². The molecule has 0 radical (unpaired) electrons. The van der Waals surface area contributed by atoms with Crippen LogP contribution in [0.1, 0.15) is 11.1 Å². The number of aromatic nitrogens is 6. The molecule has 0 fully saturated rings. The number of fused-ring (bicyclic) bond motifs is 11. The van der Waals surface area contributed by atoms with Gasteiger partial charge in [0.15, 0.2) is 11.6 Å². The highest BCUT2D eigenvalue weighted by atomic mass is 14.9. The first-order chi connectivity index (χ1) is 57.4. The highest BCUT2D eigenvalue weighted by molar-refractivity contribution is 6.25. The molecule has 0 unspecified atom stereocenters. The van der Waals surface area contributed by atoms with E-state index in [2.05, 4.69) is 338 Å². The largest absolute Gasteiger partial charge is 0.264 e. The zero-order chi connectivity index (χ0) is 76.9. The number of nitriles is 2. The molecule has 0 amide bonds. The minimum absolute atomic E-state index is 0.643. The molecule has 116 heavy (non-hydrogen) atoms. The van der Waals surface area contributed by atoms with Gasteiger partial charge >= 0.3 is 0 Å². The first kappa shape index (κ1) is 66.9. The Morgan fingerprint density at radius 1 is 0.190 bits per heavy atom. The average molecular weight is 1470 g/mol. The Kier molecular flexibility index (Phi) is 15.9. The van der Waals surface area contributed by atoms with Crippen LogP contribution in [0.25, 0.3) is 232 Å². The Morgan fingerprint density at radius 3 is 1.03 bits per heavy atom. The van der Waals surface area contributed by atoms with Crippen molar-refractivity contribution in [2.75, 3.05) is 0 Å². The Bertz CT molecular complexity index is 7520. The van der Waals surface area contributed by atoms with E-state index in [0.29, 0.717) is 22.8 Å². The van der Waals surface area contributed by atoms with Gasteiger partial charge in [-0.2, -0.15) is 10.5 Å². The van der Waals surface area contributed by atoms with E-state index in [9.17, 15) is 10.5 Å². The van der Waals surface area contributed by atoms with Crippen molar-refractivity contribution in [3.8, 4) is 169 Å². The SMILES string of the molecule is N#Cc1ccc(-c2ccc3c4c(ccc(-c5ccc(-c6cc(-c7ccc8ccccc8c7)nc(-c7ccc8ccccc8c7)n6)cc5)c24)-c2ccccc2-3)cc1.N#Cc1ccc(-c2ccc3c4c(ccc(-c5ccc(-c6cc(-c7cccc8cnccc78)nc(-c7cccc8cnccc78)n6)c6ccccc56)c24)-c2ccccc2-3)cc1. The second kappa shape index (κ2) is 27.5. The van der Waals surface area contributed by atoms with Gasteiger partial charge in [0, 0.05) is 68.9 Å². The molecule has 0 bridgehead atoms. The molecule has 0 atom stereocenters. The zero-order valence-electron chi connectivity index (χ0n) is 62.4. The van der Waals surface area contributed by atoms with E-state index in [1.54, 1.807) is 0 Å². The Labute approximate surface area is 668 Å². The number of hydrogen-bond acceptors (Lipinski definition) is 8. The molecule has 534 valence electrons. The van der Waals surface area contributed by atoms with Crippen LogP contribution in [-0.2, 0) is 0 Å². The second-order valence-corrected chi connectivity index (χ2v) is 29.7.